The number of nitrogens with zero attached hydrogens (tertiary/aromatic N) is 2. The van der Waals surface area contributed by atoms with Crippen LogP contribution in [-0.4, -0.2) is 51.3 Å². The number of guanidine groups is 1. The van der Waals surface area contributed by atoms with Gasteiger partial charge in [-0.15, -0.1) is 0 Å². The summed E-state index contributed by atoms with van der Waals surface area (Å²) in [6.45, 7) is 4.24. The number of likely N-dealkylation sites (tertiary alicyclic amines) is 1. The molecule has 5 rings (SSSR count). The minimum atomic E-state index is 0.580. The minimum Gasteiger partial charge on any atom is -0.384 e. The molecule has 23 heavy (non-hydrogen) atoms. The molecule has 5 aliphatic rings. The van der Waals surface area contributed by atoms with Crippen LogP contribution in [-0.2, 0) is 4.74 Å². The van der Waals surface area contributed by atoms with Gasteiger partial charge in [-0.1, -0.05) is 0 Å². The Bertz CT molecular complexity index is 426. The molecule has 4 saturated carbocycles. The van der Waals surface area contributed by atoms with Gasteiger partial charge in [-0.25, -0.2) is 0 Å². The van der Waals surface area contributed by atoms with Crippen molar-refractivity contribution in [2.24, 2.45) is 34.1 Å². The van der Waals surface area contributed by atoms with Gasteiger partial charge in [0.15, 0.2) is 5.96 Å². The monoisotopic (exact) mass is 319 g/mol. The first-order valence-electron chi connectivity index (χ1n) is 9.64. The Morgan fingerprint density at radius 3 is 2.39 bits per heavy atom. The first kappa shape index (κ1) is 15.7. The van der Waals surface area contributed by atoms with Crippen molar-refractivity contribution in [2.75, 3.05) is 40.4 Å². The van der Waals surface area contributed by atoms with Crippen molar-refractivity contribution in [1.82, 2.24) is 10.2 Å². The number of nitrogens with one attached hydrogen (secondary N) is 1. The SMILES string of the molecule is CN=C(NCC12CC3CC(CC(C3)C1)C2)N1CCC(COC)C1. The number of hydrogen-bond acceptors (Lipinski definition) is 2. The molecule has 1 N–H and O–H groups in total. The number of aliphatic imine (C=N–C) groups is 1. The lowest BCUT2D eigenvalue weighted by Crippen LogP contribution is -2.53. The van der Waals surface area contributed by atoms with Gasteiger partial charge in [0.1, 0.15) is 0 Å². The molecule has 0 aromatic rings. The largest absolute Gasteiger partial charge is 0.384 e. The van der Waals surface area contributed by atoms with Crippen molar-refractivity contribution in [3.8, 4) is 0 Å². The molecule has 1 unspecified atom stereocenters. The first-order valence-corrected chi connectivity index (χ1v) is 9.64. The molecular weight excluding hydrogens is 286 g/mol. The van der Waals surface area contributed by atoms with Gasteiger partial charge < -0.3 is 15.0 Å². The van der Waals surface area contributed by atoms with Gasteiger partial charge in [0, 0.05) is 39.7 Å². The van der Waals surface area contributed by atoms with Crippen molar-refractivity contribution in [1.29, 1.82) is 0 Å². The van der Waals surface area contributed by atoms with E-state index in [0.717, 1.165) is 50.0 Å². The summed E-state index contributed by atoms with van der Waals surface area (Å²) in [5, 5.41) is 3.77. The second-order valence-corrected chi connectivity index (χ2v) is 8.87. The van der Waals surface area contributed by atoms with Crippen molar-refractivity contribution >= 4 is 5.96 Å². The topological polar surface area (TPSA) is 36.9 Å². The van der Waals surface area contributed by atoms with Gasteiger partial charge in [-0.2, -0.15) is 0 Å². The zero-order valence-corrected chi connectivity index (χ0v) is 14.9. The highest BCUT2D eigenvalue weighted by atomic mass is 16.5. The molecule has 1 aliphatic heterocycles. The van der Waals surface area contributed by atoms with Crippen molar-refractivity contribution < 1.29 is 4.74 Å². The summed E-state index contributed by atoms with van der Waals surface area (Å²) in [6, 6.07) is 0. The lowest BCUT2D eigenvalue weighted by atomic mass is 9.49. The van der Waals surface area contributed by atoms with Gasteiger partial charge in [-0.05, 0) is 68.1 Å². The quantitative estimate of drug-likeness (QED) is 0.639. The fraction of sp³-hybridized carbons (Fsp3) is 0.947. The predicted molar refractivity (Wildman–Crippen MR) is 93.5 cm³/mol. The Labute approximate surface area is 141 Å². The van der Waals surface area contributed by atoms with Gasteiger partial charge in [0.25, 0.3) is 0 Å². The molecule has 0 amide bonds. The number of hydrogen-bond donors (Lipinski definition) is 1. The van der Waals surface area contributed by atoms with Gasteiger partial charge in [0.05, 0.1) is 6.61 Å². The van der Waals surface area contributed by atoms with E-state index in [1.165, 1.54) is 44.9 Å². The Balaban J connectivity index is 1.35. The molecule has 0 aromatic carbocycles. The van der Waals surface area contributed by atoms with Crippen LogP contribution in [0, 0.1) is 29.1 Å². The summed E-state index contributed by atoms with van der Waals surface area (Å²) in [6.07, 6.45) is 10.2. The third kappa shape index (κ3) is 3.11. The normalized spacial score (nSPS) is 42.5. The Kier molecular flexibility index (Phi) is 4.29. The molecule has 0 aromatic heterocycles. The molecule has 0 spiro atoms. The summed E-state index contributed by atoms with van der Waals surface area (Å²) < 4.78 is 5.33. The summed E-state index contributed by atoms with van der Waals surface area (Å²) in [5.41, 5.74) is 0.580. The van der Waals surface area contributed by atoms with Crippen molar-refractivity contribution in [3.05, 3.63) is 0 Å². The number of methoxy groups -OCH3 is 1. The highest BCUT2D eigenvalue weighted by Crippen LogP contribution is 2.59. The Morgan fingerprint density at radius 1 is 1.17 bits per heavy atom. The second-order valence-electron chi connectivity index (χ2n) is 8.87. The molecule has 4 heteroatoms. The standard InChI is InChI=1S/C19H33N3O/c1-20-18(22-4-3-14(11-22)12-23-2)21-13-19-8-15-5-16(9-19)7-17(6-15)10-19/h14-17H,3-13H2,1-2H3,(H,20,21). The van der Waals surface area contributed by atoms with E-state index in [9.17, 15) is 0 Å². The van der Waals surface area contributed by atoms with Crippen LogP contribution in [0.1, 0.15) is 44.9 Å². The van der Waals surface area contributed by atoms with Crippen LogP contribution in [0.4, 0.5) is 0 Å². The van der Waals surface area contributed by atoms with Crippen LogP contribution in [0.3, 0.4) is 0 Å². The van der Waals surface area contributed by atoms with Crippen LogP contribution < -0.4 is 5.32 Å². The Morgan fingerprint density at radius 2 is 1.83 bits per heavy atom. The minimum absolute atomic E-state index is 0.580. The maximum absolute atomic E-state index is 5.33. The Hall–Kier alpha value is -0.770. The zero-order valence-electron chi connectivity index (χ0n) is 14.9. The van der Waals surface area contributed by atoms with E-state index in [2.05, 4.69) is 15.2 Å². The highest BCUT2D eigenvalue weighted by molar-refractivity contribution is 5.80. The fourth-order valence-electron chi connectivity index (χ4n) is 6.50. The maximum Gasteiger partial charge on any atom is 0.193 e. The third-order valence-electron chi connectivity index (χ3n) is 6.99. The summed E-state index contributed by atoms with van der Waals surface area (Å²) in [4.78, 5) is 7.01. The molecular formula is C19H33N3O. The second kappa shape index (κ2) is 6.27. The van der Waals surface area contributed by atoms with Crippen LogP contribution >= 0.6 is 0 Å². The molecule has 0 radical (unpaired) electrons. The first-order chi connectivity index (χ1) is 11.2. The molecule has 4 aliphatic carbocycles. The highest BCUT2D eigenvalue weighted by Gasteiger charge is 2.50. The lowest BCUT2D eigenvalue weighted by Gasteiger charge is -2.57. The molecule has 1 heterocycles. The van der Waals surface area contributed by atoms with Crippen molar-refractivity contribution in [2.45, 2.75) is 44.9 Å². The maximum atomic E-state index is 5.33. The van der Waals surface area contributed by atoms with Gasteiger partial charge in [-0.3, -0.25) is 4.99 Å². The van der Waals surface area contributed by atoms with E-state index in [4.69, 9.17) is 4.74 Å². The van der Waals surface area contributed by atoms with Crippen LogP contribution in [0.25, 0.3) is 0 Å². The van der Waals surface area contributed by atoms with E-state index in [1.54, 1.807) is 0 Å². The zero-order chi connectivity index (χ0) is 15.9. The van der Waals surface area contributed by atoms with E-state index in [1.807, 2.05) is 14.2 Å². The molecule has 4 nitrogen and oxygen atoms in total. The summed E-state index contributed by atoms with van der Waals surface area (Å²) in [5.74, 6) is 4.88. The third-order valence-corrected chi connectivity index (χ3v) is 6.99. The number of ether oxygens (including phenoxy) is 1. The summed E-state index contributed by atoms with van der Waals surface area (Å²) in [7, 11) is 3.74. The average molecular weight is 319 g/mol. The van der Waals surface area contributed by atoms with E-state index < -0.39 is 0 Å². The van der Waals surface area contributed by atoms with E-state index in [-0.39, 0.29) is 0 Å². The fourth-order valence-corrected chi connectivity index (χ4v) is 6.50. The van der Waals surface area contributed by atoms with Crippen molar-refractivity contribution in [3.63, 3.8) is 0 Å². The van der Waals surface area contributed by atoms with Crippen LogP contribution in [0.5, 0.6) is 0 Å². The van der Waals surface area contributed by atoms with E-state index >= 15 is 0 Å². The smallest absolute Gasteiger partial charge is 0.193 e. The summed E-state index contributed by atoms with van der Waals surface area (Å²) >= 11 is 0. The van der Waals surface area contributed by atoms with Crippen LogP contribution in [0.15, 0.2) is 4.99 Å². The van der Waals surface area contributed by atoms with E-state index in [0.29, 0.717) is 11.3 Å². The average Bonchev–Trinajstić information content (AvgIpc) is 2.95. The van der Waals surface area contributed by atoms with Gasteiger partial charge >= 0.3 is 0 Å². The molecule has 1 atom stereocenters. The molecule has 4 bridgehead atoms. The van der Waals surface area contributed by atoms with Gasteiger partial charge in [0.2, 0.25) is 0 Å². The number of rotatable bonds is 4. The molecule has 130 valence electrons. The van der Waals surface area contributed by atoms with Crippen LogP contribution in [0.2, 0.25) is 0 Å². The predicted octanol–water partition coefficient (Wildman–Crippen LogP) is 2.75. The molecule has 5 fully saturated rings. The molecule has 1 saturated heterocycles. The lowest BCUT2D eigenvalue weighted by molar-refractivity contribution is -0.0494.